The fourth-order valence-corrected chi connectivity index (χ4v) is 1.90. The molecule has 1 N–H and O–H groups in total. The van der Waals surface area contributed by atoms with E-state index in [0.29, 0.717) is 11.6 Å². The summed E-state index contributed by atoms with van der Waals surface area (Å²) >= 11 is 6.00. The summed E-state index contributed by atoms with van der Waals surface area (Å²) in [4.78, 5) is 4.43. The lowest BCUT2D eigenvalue weighted by Crippen LogP contribution is -2.15. The second-order valence-corrected chi connectivity index (χ2v) is 4.53. The van der Waals surface area contributed by atoms with Crippen molar-refractivity contribution in [2.45, 2.75) is 26.9 Å². The first-order valence-corrected chi connectivity index (χ1v) is 6.41. The maximum Gasteiger partial charge on any atom is 0.0838 e. The third kappa shape index (κ3) is 2.89. The molecule has 0 unspecified atom stereocenters. The second-order valence-electron chi connectivity index (χ2n) is 4.13. The summed E-state index contributed by atoms with van der Waals surface area (Å²) in [5.74, 6) is 0. The Bertz CT molecular complexity index is 521. The summed E-state index contributed by atoms with van der Waals surface area (Å²) < 4.78 is 1.88. The molecule has 18 heavy (non-hydrogen) atoms. The molecule has 0 bridgehead atoms. The zero-order chi connectivity index (χ0) is 13.0. The van der Waals surface area contributed by atoms with Crippen LogP contribution in [0.5, 0.6) is 0 Å². The summed E-state index contributed by atoms with van der Waals surface area (Å²) in [6, 6.07) is 4.05. The van der Waals surface area contributed by atoms with E-state index >= 15 is 0 Å². The van der Waals surface area contributed by atoms with Gasteiger partial charge in [-0.3, -0.25) is 9.67 Å². The normalized spacial score (nSPS) is 10.8. The number of aromatic nitrogens is 3. The monoisotopic (exact) mass is 264 g/mol. The van der Waals surface area contributed by atoms with Crippen molar-refractivity contribution < 1.29 is 0 Å². The van der Waals surface area contributed by atoms with E-state index in [1.807, 2.05) is 23.9 Å². The molecule has 4 nitrogen and oxygen atoms in total. The van der Waals surface area contributed by atoms with Gasteiger partial charge >= 0.3 is 0 Å². The number of rotatable bonds is 5. The van der Waals surface area contributed by atoms with Crippen molar-refractivity contribution >= 4 is 11.6 Å². The molecule has 0 aliphatic carbocycles. The summed E-state index contributed by atoms with van der Waals surface area (Å²) in [5, 5.41) is 8.26. The minimum Gasteiger partial charge on any atom is -0.313 e. The van der Waals surface area contributed by atoms with E-state index in [2.05, 4.69) is 28.4 Å². The standard InChI is InChI=1S/C13H17ClN4/c1-3-15-7-11-5-4-6-16-13(11)9-18-10(2)12(14)8-17-18/h4-6,8,15H,3,7,9H2,1-2H3. The van der Waals surface area contributed by atoms with Crippen molar-refractivity contribution in [1.82, 2.24) is 20.1 Å². The predicted octanol–water partition coefficient (Wildman–Crippen LogP) is 2.40. The highest BCUT2D eigenvalue weighted by Crippen LogP contribution is 2.15. The average Bonchev–Trinajstić information content (AvgIpc) is 2.70. The van der Waals surface area contributed by atoms with Crippen LogP contribution in [-0.4, -0.2) is 21.3 Å². The maximum absolute atomic E-state index is 6.00. The van der Waals surface area contributed by atoms with Crippen LogP contribution in [0.2, 0.25) is 5.02 Å². The number of hydrogen-bond acceptors (Lipinski definition) is 3. The van der Waals surface area contributed by atoms with E-state index in [-0.39, 0.29) is 0 Å². The van der Waals surface area contributed by atoms with E-state index < -0.39 is 0 Å². The third-order valence-corrected chi connectivity index (χ3v) is 3.26. The molecule has 0 aliphatic rings. The van der Waals surface area contributed by atoms with Gasteiger partial charge in [-0.1, -0.05) is 24.6 Å². The van der Waals surface area contributed by atoms with Crippen molar-refractivity contribution in [1.29, 1.82) is 0 Å². The molecule has 0 aliphatic heterocycles. The smallest absolute Gasteiger partial charge is 0.0838 e. The van der Waals surface area contributed by atoms with E-state index in [4.69, 9.17) is 11.6 Å². The van der Waals surface area contributed by atoms with Crippen molar-refractivity contribution in [2.24, 2.45) is 0 Å². The molecular formula is C13H17ClN4. The number of hydrogen-bond donors (Lipinski definition) is 1. The highest BCUT2D eigenvalue weighted by molar-refractivity contribution is 6.31. The molecule has 0 fully saturated rings. The fraction of sp³-hybridized carbons (Fsp3) is 0.385. The van der Waals surface area contributed by atoms with Crippen molar-refractivity contribution in [2.75, 3.05) is 6.54 Å². The molecule has 0 saturated carbocycles. The molecule has 0 aromatic carbocycles. The van der Waals surface area contributed by atoms with Gasteiger partial charge < -0.3 is 5.32 Å². The van der Waals surface area contributed by atoms with Gasteiger partial charge in [0.1, 0.15) is 0 Å². The van der Waals surface area contributed by atoms with E-state index in [1.54, 1.807) is 6.20 Å². The van der Waals surface area contributed by atoms with E-state index in [9.17, 15) is 0 Å². The van der Waals surface area contributed by atoms with Gasteiger partial charge in [0.2, 0.25) is 0 Å². The fourth-order valence-electron chi connectivity index (χ4n) is 1.76. The molecule has 0 saturated heterocycles. The summed E-state index contributed by atoms with van der Waals surface area (Å²) in [6.45, 7) is 6.48. The van der Waals surface area contributed by atoms with Crippen LogP contribution >= 0.6 is 11.6 Å². The molecule has 2 rings (SSSR count). The average molecular weight is 265 g/mol. The zero-order valence-corrected chi connectivity index (χ0v) is 11.4. The second kappa shape index (κ2) is 5.98. The summed E-state index contributed by atoms with van der Waals surface area (Å²) in [5.41, 5.74) is 3.20. The summed E-state index contributed by atoms with van der Waals surface area (Å²) in [7, 11) is 0. The van der Waals surface area contributed by atoms with Gasteiger partial charge in [0.15, 0.2) is 0 Å². The highest BCUT2D eigenvalue weighted by Gasteiger charge is 2.08. The minimum absolute atomic E-state index is 0.653. The molecular weight excluding hydrogens is 248 g/mol. The Balaban J connectivity index is 2.20. The molecule has 0 amide bonds. The van der Waals surface area contributed by atoms with Crippen molar-refractivity contribution in [3.8, 4) is 0 Å². The van der Waals surface area contributed by atoms with Gasteiger partial charge in [-0.25, -0.2) is 0 Å². The first kappa shape index (κ1) is 13.1. The molecule has 0 atom stereocenters. The molecule has 2 aromatic rings. The first-order chi connectivity index (χ1) is 8.72. The van der Waals surface area contributed by atoms with Gasteiger partial charge in [0, 0.05) is 12.7 Å². The van der Waals surface area contributed by atoms with Crippen LogP contribution in [0.15, 0.2) is 24.5 Å². The largest absolute Gasteiger partial charge is 0.313 e. The molecule has 0 radical (unpaired) electrons. The lowest BCUT2D eigenvalue weighted by Gasteiger charge is -2.10. The van der Waals surface area contributed by atoms with Crippen LogP contribution in [0.1, 0.15) is 23.9 Å². The number of nitrogens with one attached hydrogen (secondary N) is 1. The van der Waals surface area contributed by atoms with Crippen molar-refractivity contribution in [3.05, 3.63) is 46.5 Å². The molecule has 96 valence electrons. The first-order valence-electron chi connectivity index (χ1n) is 6.03. The third-order valence-electron chi connectivity index (χ3n) is 2.89. The number of pyridine rings is 1. The van der Waals surface area contributed by atoms with Crippen LogP contribution in [0.25, 0.3) is 0 Å². The zero-order valence-electron chi connectivity index (χ0n) is 10.7. The van der Waals surface area contributed by atoms with Crippen LogP contribution in [0, 0.1) is 6.92 Å². The Kier molecular flexibility index (Phi) is 4.33. The Labute approximate surface area is 112 Å². The topological polar surface area (TPSA) is 42.7 Å². The lowest BCUT2D eigenvalue weighted by molar-refractivity contribution is 0.636. The minimum atomic E-state index is 0.653. The van der Waals surface area contributed by atoms with Gasteiger partial charge in [0.05, 0.1) is 29.2 Å². The quantitative estimate of drug-likeness (QED) is 0.902. The lowest BCUT2D eigenvalue weighted by atomic mass is 10.2. The van der Waals surface area contributed by atoms with Gasteiger partial charge in [-0.15, -0.1) is 0 Å². The Morgan fingerprint density at radius 1 is 1.44 bits per heavy atom. The summed E-state index contributed by atoms with van der Waals surface area (Å²) in [6.07, 6.45) is 3.48. The van der Waals surface area contributed by atoms with Gasteiger partial charge in [-0.05, 0) is 25.1 Å². The predicted molar refractivity (Wildman–Crippen MR) is 72.7 cm³/mol. The van der Waals surface area contributed by atoms with E-state index in [0.717, 1.165) is 24.5 Å². The molecule has 2 aromatic heterocycles. The van der Waals surface area contributed by atoms with Crippen LogP contribution in [0.3, 0.4) is 0 Å². The van der Waals surface area contributed by atoms with Crippen LogP contribution < -0.4 is 5.32 Å². The molecule has 2 heterocycles. The van der Waals surface area contributed by atoms with Crippen molar-refractivity contribution in [3.63, 3.8) is 0 Å². The number of halogens is 1. The Morgan fingerprint density at radius 3 is 2.94 bits per heavy atom. The Hall–Kier alpha value is -1.39. The van der Waals surface area contributed by atoms with Gasteiger partial charge in [0.25, 0.3) is 0 Å². The number of nitrogens with zero attached hydrogens (tertiary/aromatic N) is 3. The molecule has 0 spiro atoms. The maximum atomic E-state index is 6.00. The molecule has 5 heteroatoms. The van der Waals surface area contributed by atoms with Gasteiger partial charge in [-0.2, -0.15) is 5.10 Å². The van der Waals surface area contributed by atoms with Crippen LogP contribution in [-0.2, 0) is 13.1 Å². The van der Waals surface area contributed by atoms with E-state index in [1.165, 1.54) is 5.56 Å². The SMILES string of the molecule is CCNCc1cccnc1Cn1ncc(Cl)c1C. The Morgan fingerprint density at radius 2 is 2.28 bits per heavy atom. The highest BCUT2D eigenvalue weighted by atomic mass is 35.5. The van der Waals surface area contributed by atoms with Crippen LogP contribution in [0.4, 0.5) is 0 Å².